The number of aromatic carboxylic acids is 1. The third-order valence-corrected chi connectivity index (χ3v) is 6.34. The first-order chi connectivity index (χ1) is 16.6. The van der Waals surface area contributed by atoms with Crippen molar-refractivity contribution in [2.24, 2.45) is 5.92 Å². The molecule has 3 rings (SSSR count). The zero-order valence-corrected chi connectivity index (χ0v) is 20.3. The molecule has 0 radical (unpaired) electrons. The molecule has 0 spiro atoms. The molecule has 2 aromatic carbocycles. The fraction of sp³-hybridized carbons (Fsp3) is 0.481. The molecule has 190 valence electrons. The molecule has 1 heterocycles. The highest BCUT2D eigenvalue weighted by molar-refractivity contribution is 5.96. The van der Waals surface area contributed by atoms with E-state index in [1.165, 1.54) is 18.2 Å². The summed E-state index contributed by atoms with van der Waals surface area (Å²) in [6, 6.07) is 10.2. The van der Waals surface area contributed by atoms with Gasteiger partial charge >= 0.3 is 12.1 Å². The standard InChI is InChI=1S/C27H33F3N2O3/c1-19(2)25(33)32-15-9-5-3-4-8-14-31(17-21-10-6-7-11-23(21)27(28,29)30)18-22-16-20(26(34)35)12-13-24(22)32/h6-7,10-13,16,19H,3-5,8-9,14-15,17-18H2,1-2H3,(H,34,35). The monoisotopic (exact) mass is 490 g/mol. The Morgan fingerprint density at radius 1 is 0.971 bits per heavy atom. The van der Waals surface area contributed by atoms with Crippen molar-refractivity contribution in [2.75, 3.05) is 18.0 Å². The number of carboxylic acids is 1. The molecule has 0 saturated carbocycles. The molecule has 1 N–H and O–H groups in total. The zero-order valence-electron chi connectivity index (χ0n) is 20.3. The number of hydrogen-bond acceptors (Lipinski definition) is 3. The Hall–Kier alpha value is -2.87. The first-order valence-electron chi connectivity index (χ1n) is 12.1. The topological polar surface area (TPSA) is 60.9 Å². The molecule has 0 atom stereocenters. The van der Waals surface area contributed by atoms with E-state index < -0.39 is 17.7 Å². The number of nitrogens with zero attached hydrogens (tertiary/aromatic N) is 2. The van der Waals surface area contributed by atoms with Gasteiger partial charge in [-0.1, -0.05) is 51.3 Å². The number of carbonyl (C=O) groups is 2. The smallest absolute Gasteiger partial charge is 0.416 e. The molecule has 0 bridgehead atoms. The van der Waals surface area contributed by atoms with Crippen LogP contribution in [0.1, 0.15) is 73.0 Å². The predicted molar refractivity (Wildman–Crippen MR) is 129 cm³/mol. The van der Waals surface area contributed by atoms with Crippen molar-refractivity contribution < 1.29 is 27.9 Å². The zero-order chi connectivity index (χ0) is 25.6. The third-order valence-electron chi connectivity index (χ3n) is 6.34. The molecule has 0 aromatic heterocycles. The summed E-state index contributed by atoms with van der Waals surface area (Å²) in [7, 11) is 0. The molecule has 8 heteroatoms. The summed E-state index contributed by atoms with van der Waals surface area (Å²) in [6.45, 7) is 5.05. The molecule has 1 aliphatic heterocycles. The summed E-state index contributed by atoms with van der Waals surface area (Å²) >= 11 is 0. The van der Waals surface area contributed by atoms with Gasteiger partial charge in [0.15, 0.2) is 0 Å². The number of hydrogen-bond donors (Lipinski definition) is 1. The fourth-order valence-electron chi connectivity index (χ4n) is 4.54. The molecule has 1 aliphatic rings. The van der Waals surface area contributed by atoms with E-state index in [0.29, 0.717) is 24.3 Å². The Labute approximate surface area is 204 Å². The van der Waals surface area contributed by atoms with Crippen molar-refractivity contribution in [1.29, 1.82) is 0 Å². The van der Waals surface area contributed by atoms with Crippen LogP contribution in [0.15, 0.2) is 42.5 Å². The van der Waals surface area contributed by atoms with Gasteiger partial charge in [-0.15, -0.1) is 0 Å². The van der Waals surface area contributed by atoms with Crippen molar-refractivity contribution in [1.82, 2.24) is 4.90 Å². The number of fused-ring (bicyclic) bond motifs is 1. The lowest BCUT2D eigenvalue weighted by Crippen LogP contribution is -2.37. The fourth-order valence-corrected chi connectivity index (χ4v) is 4.54. The van der Waals surface area contributed by atoms with Crippen molar-refractivity contribution in [3.05, 3.63) is 64.7 Å². The van der Waals surface area contributed by atoms with Crippen LogP contribution in [0.2, 0.25) is 0 Å². The number of rotatable bonds is 4. The Morgan fingerprint density at radius 3 is 2.29 bits per heavy atom. The molecule has 35 heavy (non-hydrogen) atoms. The number of benzene rings is 2. The van der Waals surface area contributed by atoms with Crippen molar-refractivity contribution in [3.63, 3.8) is 0 Å². The number of anilines is 1. The Bertz CT molecular complexity index is 1040. The van der Waals surface area contributed by atoms with E-state index in [4.69, 9.17) is 0 Å². The van der Waals surface area contributed by atoms with Gasteiger partial charge in [0.1, 0.15) is 0 Å². The Balaban J connectivity index is 2.04. The Kier molecular flexibility index (Phi) is 8.94. The van der Waals surface area contributed by atoms with Gasteiger partial charge in [-0.25, -0.2) is 4.79 Å². The van der Waals surface area contributed by atoms with Crippen LogP contribution in [-0.4, -0.2) is 35.0 Å². The van der Waals surface area contributed by atoms with Crippen LogP contribution < -0.4 is 4.90 Å². The predicted octanol–water partition coefficient (Wildman–Crippen LogP) is 6.36. The van der Waals surface area contributed by atoms with E-state index in [0.717, 1.165) is 38.2 Å². The molecule has 2 aromatic rings. The largest absolute Gasteiger partial charge is 0.478 e. The van der Waals surface area contributed by atoms with E-state index in [1.54, 1.807) is 23.1 Å². The Morgan fingerprint density at radius 2 is 1.63 bits per heavy atom. The third kappa shape index (κ3) is 7.07. The van der Waals surface area contributed by atoms with Gasteiger partial charge < -0.3 is 10.0 Å². The lowest BCUT2D eigenvalue weighted by molar-refractivity contribution is -0.138. The second kappa shape index (κ2) is 11.7. The van der Waals surface area contributed by atoms with E-state index >= 15 is 0 Å². The summed E-state index contributed by atoms with van der Waals surface area (Å²) in [4.78, 5) is 28.4. The highest BCUT2D eigenvalue weighted by Gasteiger charge is 2.33. The summed E-state index contributed by atoms with van der Waals surface area (Å²) in [6.07, 6.45) is 0.0797. The van der Waals surface area contributed by atoms with Crippen LogP contribution in [0, 0.1) is 5.92 Å². The number of alkyl halides is 3. The molecular weight excluding hydrogens is 457 g/mol. The molecule has 0 aliphatic carbocycles. The SMILES string of the molecule is CC(C)C(=O)N1CCCCCCCN(Cc2ccccc2C(F)(F)F)Cc2cc(C(=O)O)ccc21. The van der Waals surface area contributed by atoms with Crippen LogP contribution in [-0.2, 0) is 24.1 Å². The second-order valence-corrected chi connectivity index (χ2v) is 9.43. The molecule has 0 fully saturated rings. The van der Waals surface area contributed by atoms with Gasteiger partial charge in [0.05, 0.1) is 11.1 Å². The number of carbonyl (C=O) groups excluding carboxylic acids is 1. The van der Waals surface area contributed by atoms with Gasteiger partial charge in [0.2, 0.25) is 5.91 Å². The highest BCUT2D eigenvalue weighted by Crippen LogP contribution is 2.33. The second-order valence-electron chi connectivity index (χ2n) is 9.43. The van der Waals surface area contributed by atoms with Gasteiger partial charge in [-0.2, -0.15) is 13.2 Å². The van der Waals surface area contributed by atoms with Crippen LogP contribution in [0.25, 0.3) is 0 Å². The van der Waals surface area contributed by atoms with E-state index in [-0.39, 0.29) is 36.0 Å². The summed E-state index contributed by atoms with van der Waals surface area (Å²) in [5.74, 6) is -1.39. The van der Waals surface area contributed by atoms with Gasteiger partial charge in [0, 0.05) is 31.2 Å². The van der Waals surface area contributed by atoms with Gasteiger partial charge in [-0.3, -0.25) is 9.69 Å². The molecular formula is C27H33F3N2O3. The summed E-state index contributed by atoms with van der Waals surface area (Å²) < 4.78 is 40.9. The van der Waals surface area contributed by atoms with Gasteiger partial charge in [0.25, 0.3) is 0 Å². The lowest BCUT2D eigenvalue weighted by Gasteiger charge is -2.31. The highest BCUT2D eigenvalue weighted by atomic mass is 19.4. The molecule has 1 amide bonds. The minimum absolute atomic E-state index is 0.0552. The minimum Gasteiger partial charge on any atom is -0.478 e. The van der Waals surface area contributed by atoms with E-state index in [1.807, 2.05) is 18.7 Å². The van der Waals surface area contributed by atoms with Crippen molar-refractivity contribution in [3.8, 4) is 0 Å². The first kappa shape index (κ1) is 26.7. The van der Waals surface area contributed by atoms with Crippen LogP contribution in [0.3, 0.4) is 0 Å². The molecule has 5 nitrogen and oxygen atoms in total. The first-order valence-corrected chi connectivity index (χ1v) is 12.1. The summed E-state index contributed by atoms with van der Waals surface area (Å²) in [5.41, 5.74) is 0.858. The average molecular weight is 491 g/mol. The maximum absolute atomic E-state index is 13.6. The average Bonchev–Trinajstić information content (AvgIpc) is 2.79. The van der Waals surface area contributed by atoms with E-state index in [9.17, 15) is 27.9 Å². The lowest BCUT2D eigenvalue weighted by atomic mass is 10.0. The minimum atomic E-state index is -4.46. The van der Waals surface area contributed by atoms with Crippen LogP contribution >= 0.6 is 0 Å². The molecule has 0 unspecified atom stereocenters. The quantitative estimate of drug-likeness (QED) is 0.542. The normalized spacial score (nSPS) is 16.3. The van der Waals surface area contributed by atoms with E-state index in [2.05, 4.69) is 0 Å². The van der Waals surface area contributed by atoms with Crippen molar-refractivity contribution >= 4 is 17.6 Å². The van der Waals surface area contributed by atoms with Crippen LogP contribution in [0.4, 0.5) is 18.9 Å². The number of halogens is 3. The van der Waals surface area contributed by atoms with Crippen molar-refractivity contribution in [2.45, 2.75) is 65.2 Å². The number of amides is 1. The van der Waals surface area contributed by atoms with Gasteiger partial charge in [-0.05, 0) is 54.8 Å². The number of carboxylic acid groups (broad SMARTS) is 1. The summed E-state index contributed by atoms with van der Waals surface area (Å²) in [5, 5.41) is 9.57. The maximum Gasteiger partial charge on any atom is 0.416 e. The molecule has 0 saturated heterocycles. The van der Waals surface area contributed by atoms with Crippen LogP contribution in [0.5, 0.6) is 0 Å². The maximum atomic E-state index is 13.6.